The summed E-state index contributed by atoms with van der Waals surface area (Å²) in [4.78, 5) is 7.96. The minimum Gasteiger partial charge on any atom is -0.357 e. The molecule has 1 aliphatic carbocycles. The van der Waals surface area contributed by atoms with E-state index in [0.29, 0.717) is 11.2 Å². The Labute approximate surface area is 117 Å². The summed E-state index contributed by atoms with van der Waals surface area (Å²) in [7, 11) is -1.83. The van der Waals surface area contributed by atoms with Gasteiger partial charge in [-0.1, -0.05) is 0 Å². The van der Waals surface area contributed by atoms with Gasteiger partial charge in [0.15, 0.2) is 0 Å². The molecule has 6 nitrogen and oxygen atoms in total. The van der Waals surface area contributed by atoms with Crippen LogP contribution < -0.4 is 10.0 Å². The van der Waals surface area contributed by atoms with Gasteiger partial charge in [0.25, 0.3) is 0 Å². The van der Waals surface area contributed by atoms with Crippen molar-refractivity contribution in [2.75, 3.05) is 18.6 Å². The number of anilines is 1. The van der Waals surface area contributed by atoms with Crippen LogP contribution in [0.4, 0.5) is 5.95 Å². The van der Waals surface area contributed by atoms with Crippen LogP contribution in [0.5, 0.6) is 0 Å². The van der Waals surface area contributed by atoms with Gasteiger partial charge in [-0.05, 0) is 25.5 Å². The molecule has 8 heteroatoms. The van der Waals surface area contributed by atoms with Crippen LogP contribution in [0.2, 0.25) is 0 Å². The first kappa shape index (κ1) is 14.5. The Balaban J connectivity index is 2.05. The van der Waals surface area contributed by atoms with Gasteiger partial charge in [-0.2, -0.15) is 11.8 Å². The van der Waals surface area contributed by atoms with Crippen LogP contribution in [0, 0.1) is 0 Å². The molecule has 2 N–H and O–H groups in total. The Kier molecular flexibility index (Phi) is 4.64. The summed E-state index contributed by atoms with van der Waals surface area (Å²) < 4.78 is 27.1. The van der Waals surface area contributed by atoms with Crippen molar-refractivity contribution in [3.8, 4) is 0 Å². The zero-order chi connectivity index (χ0) is 13.9. The molecule has 1 saturated carbocycles. The molecule has 0 bridgehead atoms. The molecule has 0 spiro atoms. The van der Waals surface area contributed by atoms with E-state index in [9.17, 15) is 8.42 Å². The maximum atomic E-state index is 12.2. The quantitative estimate of drug-likeness (QED) is 0.847. The van der Waals surface area contributed by atoms with Gasteiger partial charge >= 0.3 is 0 Å². The molecular formula is C11H18N4O2S2. The molecule has 0 aromatic carbocycles. The predicted molar refractivity (Wildman–Crippen MR) is 76.8 cm³/mol. The molecule has 2 unspecified atom stereocenters. The van der Waals surface area contributed by atoms with Gasteiger partial charge < -0.3 is 5.32 Å². The normalized spacial score (nSPS) is 23.5. The molecule has 19 heavy (non-hydrogen) atoms. The summed E-state index contributed by atoms with van der Waals surface area (Å²) in [6.45, 7) is 0. The van der Waals surface area contributed by atoms with Gasteiger partial charge in [-0.25, -0.2) is 23.1 Å². The van der Waals surface area contributed by atoms with E-state index >= 15 is 0 Å². The molecule has 1 aliphatic rings. The first-order chi connectivity index (χ1) is 9.05. The smallest absolute Gasteiger partial charge is 0.243 e. The van der Waals surface area contributed by atoms with Crippen molar-refractivity contribution < 1.29 is 8.42 Å². The molecule has 2 rings (SSSR count). The molecule has 0 aliphatic heterocycles. The van der Waals surface area contributed by atoms with Crippen LogP contribution in [0.25, 0.3) is 0 Å². The molecule has 106 valence electrons. The van der Waals surface area contributed by atoms with Crippen molar-refractivity contribution in [1.29, 1.82) is 0 Å². The Morgan fingerprint density at radius 3 is 2.53 bits per heavy atom. The Morgan fingerprint density at radius 1 is 1.32 bits per heavy atom. The summed E-state index contributed by atoms with van der Waals surface area (Å²) in [5.74, 6) is 0.405. The number of sulfonamides is 1. The zero-order valence-corrected chi connectivity index (χ0v) is 12.6. The number of thioether (sulfide) groups is 1. The van der Waals surface area contributed by atoms with Crippen molar-refractivity contribution in [2.45, 2.75) is 35.4 Å². The molecule has 1 fully saturated rings. The molecule has 2 atom stereocenters. The highest BCUT2D eigenvalue weighted by molar-refractivity contribution is 7.99. The lowest BCUT2D eigenvalue weighted by molar-refractivity contribution is 0.552. The van der Waals surface area contributed by atoms with Gasteiger partial charge in [0.2, 0.25) is 16.0 Å². The van der Waals surface area contributed by atoms with Crippen LogP contribution in [0.15, 0.2) is 17.3 Å². The van der Waals surface area contributed by atoms with Crippen LogP contribution in [-0.2, 0) is 10.0 Å². The molecule has 1 aromatic rings. The summed E-state index contributed by atoms with van der Waals surface area (Å²) in [6.07, 6.45) is 7.54. The third-order valence-electron chi connectivity index (χ3n) is 3.20. The number of hydrogen-bond donors (Lipinski definition) is 2. The Bertz CT molecular complexity index is 518. The van der Waals surface area contributed by atoms with E-state index in [1.54, 1.807) is 18.8 Å². The summed E-state index contributed by atoms with van der Waals surface area (Å²) in [6, 6.07) is 0.0198. The van der Waals surface area contributed by atoms with Gasteiger partial charge in [-0.3, -0.25) is 0 Å². The van der Waals surface area contributed by atoms with Crippen LogP contribution in [-0.4, -0.2) is 43.0 Å². The predicted octanol–water partition coefficient (Wildman–Crippen LogP) is 1.08. The lowest BCUT2D eigenvalue weighted by Crippen LogP contribution is -2.33. The van der Waals surface area contributed by atoms with E-state index in [1.807, 2.05) is 0 Å². The maximum absolute atomic E-state index is 12.2. The minimum absolute atomic E-state index is 0.0198. The van der Waals surface area contributed by atoms with Crippen molar-refractivity contribution in [3.63, 3.8) is 0 Å². The average molecular weight is 302 g/mol. The van der Waals surface area contributed by atoms with E-state index in [0.717, 1.165) is 19.3 Å². The van der Waals surface area contributed by atoms with Crippen molar-refractivity contribution in [2.24, 2.45) is 0 Å². The molecule has 0 amide bonds. The number of aromatic nitrogens is 2. The average Bonchev–Trinajstić information content (AvgIpc) is 2.85. The Hall–Kier alpha value is -0.860. The third-order valence-corrected chi connectivity index (χ3v) is 5.77. The zero-order valence-electron chi connectivity index (χ0n) is 11.0. The van der Waals surface area contributed by atoms with Crippen LogP contribution in [0.3, 0.4) is 0 Å². The third kappa shape index (κ3) is 3.58. The number of nitrogens with zero attached hydrogens (tertiary/aromatic N) is 2. The topological polar surface area (TPSA) is 84.0 Å². The van der Waals surface area contributed by atoms with Crippen molar-refractivity contribution in [3.05, 3.63) is 12.4 Å². The fraction of sp³-hybridized carbons (Fsp3) is 0.636. The lowest BCUT2D eigenvalue weighted by atomic mass is 10.3. The molecular weight excluding hydrogens is 284 g/mol. The van der Waals surface area contributed by atoms with E-state index in [2.05, 4.69) is 26.3 Å². The molecule has 1 heterocycles. The van der Waals surface area contributed by atoms with Crippen LogP contribution >= 0.6 is 11.8 Å². The lowest BCUT2D eigenvalue weighted by Gasteiger charge is -2.13. The first-order valence-corrected chi connectivity index (χ1v) is 8.87. The minimum atomic E-state index is -3.51. The largest absolute Gasteiger partial charge is 0.357 e. The number of rotatable bonds is 5. The van der Waals surface area contributed by atoms with E-state index in [1.165, 1.54) is 12.4 Å². The van der Waals surface area contributed by atoms with E-state index in [4.69, 9.17) is 0 Å². The van der Waals surface area contributed by atoms with Crippen molar-refractivity contribution >= 4 is 27.7 Å². The summed E-state index contributed by atoms with van der Waals surface area (Å²) in [5, 5.41) is 3.30. The molecule has 0 saturated heterocycles. The van der Waals surface area contributed by atoms with Gasteiger partial charge in [0, 0.05) is 18.3 Å². The number of hydrogen-bond acceptors (Lipinski definition) is 6. The van der Waals surface area contributed by atoms with E-state index in [-0.39, 0.29) is 10.9 Å². The van der Waals surface area contributed by atoms with Gasteiger partial charge in [0.05, 0.1) is 12.4 Å². The maximum Gasteiger partial charge on any atom is 0.243 e. The first-order valence-electron chi connectivity index (χ1n) is 6.10. The van der Waals surface area contributed by atoms with Gasteiger partial charge in [0.1, 0.15) is 4.90 Å². The highest BCUT2D eigenvalue weighted by atomic mass is 32.2. The summed E-state index contributed by atoms with van der Waals surface area (Å²) >= 11 is 1.80. The highest BCUT2D eigenvalue weighted by Gasteiger charge is 2.28. The fourth-order valence-corrected chi connectivity index (χ4v) is 4.10. The van der Waals surface area contributed by atoms with E-state index < -0.39 is 10.0 Å². The van der Waals surface area contributed by atoms with Crippen LogP contribution in [0.1, 0.15) is 19.3 Å². The monoisotopic (exact) mass is 302 g/mol. The molecule has 0 radical (unpaired) electrons. The highest BCUT2D eigenvalue weighted by Crippen LogP contribution is 2.29. The number of nitrogens with one attached hydrogen (secondary N) is 2. The second-order valence-electron chi connectivity index (χ2n) is 4.48. The SMILES string of the molecule is CNc1ncc(S(=O)(=O)NC2CCC(SC)C2)cn1. The standard InChI is InChI=1S/C11H18N4O2S2/c1-12-11-13-6-10(7-14-11)19(16,17)15-8-3-4-9(5-8)18-2/h6-9,15H,3-5H2,1-2H3,(H,12,13,14). The van der Waals surface area contributed by atoms with Crippen molar-refractivity contribution in [1.82, 2.24) is 14.7 Å². The van der Waals surface area contributed by atoms with Gasteiger partial charge in [-0.15, -0.1) is 0 Å². The molecule has 1 aromatic heterocycles. The second-order valence-corrected chi connectivity index (χ2v) is 7.33. The Morgan fingerprint density at radius 2 is 2.00 bits per heavy atom. The fourth-order valence-electron chi connectivity index (χ4n) is 2.13. The summed E-state index contributed by atoms with van der Waals surface area (Å²) in [5.41, 5.74) is 0. The second kappa shape index (κ2) is 6.06.